The monoisotopic (exact) mass is 389 g/mol. The lowest BCUT2D eigenvalue weighted by Gasteiger charge is -2.12. The van der Waals surface area contributed by atoms with Crippen molar-refractivity contribution in [2.75, 3.05) is 0 Å². The summed E-state index contributed by atoms with van der Waals surface area (Å²) in [5, 5.41) is 9.23. The molecule has 1 heterocycles. The lowest BCUT2D eigenvalue weighted by molar-refractivity contribution is -0.123. The van der Waals surface area contributed by atoms with Gasteiger partial charge in [0.15, 0.2) is 0 Å². The molecular formula is C17H12BrNO3S. The first-order valence-corrected chi connectivity index (χ1v) is 8.43. The van der Waals surface area contributed by atoms with Gasteiger partial charge in [0.2, 0.25) is 0 Å². The zero-order chi connectivity index (χ0) is 16.4. The highest BCUT2D eigenvalue weighted by atomic mass is 79.9. The van der Waals surface area contributed by atoms with Crippen LogP contribution in [-0.4, -0.2) is 21.2 Å². The van der Waals surface area contributed by atoms with Crippen LogP contribution in [0.25, 0.3) is 6.08 Å². The van der Waals surface area contributed by atoms with Gasteiger partial charge in [-0.05, 0) is 57.0 Å². The summed E-state index contributed by atoms with van der Waals surface area (Å²) >= 11 is 4.16. The van der Waals surface area contributed by atoms with Crippen molar-refractivity contribution < 1.29 is 14.7 Å². The molecule has 0 radical (unpaired) electrons. The van der Waals surface area contributed by atoms with Gasteiger partial charge in [-0.3, -0.25) is 14.5 Å². The van der Waals surface area contributed by atoms with Crippen molar-refractivity contribution in [3.63, 3.8) is 0 Å². The number of hydrogen-bond acceptors (Lipinski definition) is 4. The summed E-state index contributed by atoms with van der Waals surface area (Å²) < 4.78 is 0.537. The Kier molecular flexibility index (Phi) is 4.54. The fourth-order valence-corrected chi connectivity index (χ4v) is 3.40. The summed E-state index contributed by atoms with van der Waals surface area (Å²) in [6, 6.07) is 14.3. The molecule has 1 saturated heterocycles. The van der Waals surface area contributed by atoms with Crippen LogP contribution in [0.1, 0.15) is 11.1 Å². The first-order chi connectivity index (χ1) is 11.0. The number of carbonyl (C=O) groups is 2. The minimum atomic E-state index is -0.298. The van der Waals surface area contributed by atoms with E-state index in [1.54, 1.807) is 18.2 Å². The number of halogens is 1. The van der Waals surface area contributed by atoms with Crippen molar-refractivity contribution in [1.29, 1.82) is 0 Å². The Hall–Kier alpha value is -2.05. The van der Waals surface area contributed by atoms with Gasteiger partial charge < -0.3 is 5.11 Å². The zero-order valence-electron chi connectivity index (χ0n) is 11.9. The van der Waals surface area contributed by atoms with Crippen LogP contribution in [0.15, 0.2) is 57.9 Å². The molecule has 0 spiro atoms. The standard InChI is InChI=1S/C17H12BrNO3S/c18-13-8-12(6-7-14(13)20)9-15-16(21)19(17(22)23-15)10-11-4-2-1-3-5-11/h1-9,20H,10H2/b15-9+. The lowest BCUT2D eigenvalue weighted by Crippen LogP contribution is -2.27. The van der Waals surface area contributed by atoms with Crippen LogP contribution < -0.4 is 0 Å². The second kappa shape index (κ2) is 6.60. The van der Waals surface area contributed by atoms with Gasteiger partial charge in [-0.25, -0.2) is 0 Å². The summed E-state index contributed by atoms with van der Waals surface area (Å²) in [6.45, 7) is 0.266. The molecule has 0 aromatic heterocycles. The first kappa shape index (κ1) is 15.8. The molecule has 1 fully saturated rings. The third kappa shape index (κ3) is 3.48. The molecule has 1 aliphatic heterocycles. The second-order valence-electron chi connectivity index (χ2n) is 4.96. The van der Waals surface area contributed by atoms with E-state index in [0.717, 1.165) is 22.9 Å². The molecule has 2 amide bonds. The fourth-order valence-electron chi connectivity index (χ4n) is 2.17. The zero-order valence-corrected chi connectivity index (χ0v) is 14.3. The number of carbonyl (C=O) groups excluding carboxylic acids is 2. The number of hydrogen-bond donors (Lipinski definition) is 1. The summed E-state index contributed by atoms with van der Waals surface area (Å²) in [7, 11) is 0. The van der Waals surface area contributed by atoms with Crippen LogP contribution >= 0.6 is 27.7 Å². The van der Waals surface area contributed by atoms with E-state index in [9.17, 15) is 14.7 Å². The van der Waals surface area contributed by atoms with Gasteiger partial charge >= 0.3 is 0 Å². The predicted octanol–water partition coefficient (Wildman–Crippen LogP) is 4.39. The number of aromatic hydroxyl groups is 1. The highest BCUT2D eigenvalue weighted by molar-refractivity contribution is 9.10. The Morgan fingerprint density at radius 1 is 1.13 bits per heavy atom. The molecule has 6 heteroatoms. The van der Waals surface area contributed by atoms with E-state index in [1.807, 2.05) is 30.3 Å². The second-order valence-corrected chi connectivity index (χ2v) is 6.81. The SMILES string of the molecule is O=C1S/C(=C/c2ccc(O)c(Br)c2)C(=O)N1Cc1ccccc1. The normalized spacial score (nSPS) is 16.4. The van der Waals surface area contributed by atoms with Gasteiger partial charge in [0, 0.05) is 0 Å². The van der Waals surface area contributed by atoms with Crippen LogP contribution in [-0.2, 0) is 11.3 Å². The van der Waals surface area contributed by atoms with Crippen molar-refractivity contribution in [3.05, 3.63) is 69.0 Å². The number of nitrogens with zero attached hydrogens (tertiary/aromatic N) is 1. The van der Waals surface area contributed by atoms with Crippen molar-refractivity contribution >= 4 is 44.9 Å². The number of amides is 2. The molecule has 0 unspecified atom stereocenters. The maximum Gasteiger partial charge on any atom is 0.293 e. The van der Waals surface area contributed by atoms with Gasteiger partial charge in [0.05, 0.1) is 15.9 Å². The molecule has 0 bridgehead atoms. The molecule has 4 nitrogen and oxygen atoms in total. The number of imide groups is 1. The van der Waals surface area contributed by atoms with E-state index >= 15 is 0 Å². The Balaban J connectivity index is 1.83. The summed E-state index contributed by atoms with van der Waals surface area (Å²) in [5.41, 5.74) is 1.64. The molecule has 0 aliphatic carbocycles. The van der Waals surface area contributed by atoms with Crippen LogP contribution in [0, 0.1) is 0 Å². The van der Waals surface area contributed by atoms with Crippen molar-refractivity contribution in [2.24, 2.45) is 0 Å². The number of benzene rings is 2. The molecule has 1 N–H and O–H groups in total. The van der Waals surface area contributed by atoms with E-state index in [-0.39, 0.29) is 23.4 Å². The molecule has 2 aromatic carbocycles. The maximum atomic E-state index is 12.4. The summed E-state index contributed by atoms with van der Waals surface area (Å²) in [4.78, 5) is 26.1. The van der Waals surface area contributed by atoms with Gasteiger partial charge in [0.1, 0.15) is 5.75 Å². The van der Waals surface area contributed by atoms with E-state index in [0.29, 0.717) is 9.38 Å². The van der Waals surface area contributed by atoms with E-state index in [1.165, 1.54) is 11.0 Å². The third-order valence-corrected chi connectivity index (χ3v) is 4.87. The predicted molar refractivity (Wildman–Crippen MR) is 93.8 cm³/mol. The summed E-state index contributed by atoms with van der Waals surface area (Å²) in [6.07, 6.45) is 1.65. The average molecular weight is 390 g/mol. The van der Waals surface area contributed by atoms with Crippen molar-refractivity contribution in [1.82, 2.24) is 4.90 Å². The highest BCUT2D eigenvalue weighted by Crippen LogP contribution is 2.34. The fraction of sp³-hybridized carbons (Fsp3) is 0.0588. The Bertz CT molecular complexity index is 805. The Labute approximate surface area is 145 Å². The van der Waals surface area contributed by atoms with E-state index < -0.39 is 0 Å². The molecule has 1 aliphatic rings. The third-order valence-electron chi connectivity index (χ3n) is 3.33. The van der Waals surface area contributed by atoms with Crippen LogP contribution in [0.2, 0.25) is 0 Å². The molecule has 3 rings (SSSR count). The minimum Gasteiger partial charge on any atom is -0.507 e. The van der Waals surface area contributed by atoms with E-state index in [4.69, 9.17) is 0 Å². The molecular weight excluding hydrogens is 378 g/mol. The van der Waals surface area contributed by atoms with Gasteiger partial charge in [-0.2, -0.15) is 0 Å². The number of rotatable bonds is 3. The largest absolute Gasteiger partial charge is 0.507 e. The van der Waals surface area contributed by atoms with E-state index in [2.05, 4.69) is 15.9 Å². The van der Waals surface area contributed by atoms with Crippen LogP contribution in [0.5, 0.6) is 5.75 Å². The topological polar surface area (TPSA) is 57.6 Å². The maximum absolute atomic E-state index is 12.4. The van der Waals surface area contributed by atoms with Gasteiger partial charge in [-0.1, -0.05) is 36.4 Å². The molecule has 116 valence electrons. The minimum absolute atomic E-state index is 0.124. The number of thioether (sulfide) groups is 1. The van der Waals surface area contributed by atoms with Gasteiger partial charge in [-0.15, -0.1) is 0 Å². The Morgan fingerprint density at radius 2 is 1.87 bits per heavy atom. The van der Waals surface area contributed by atoms with Crippen LogP contribution in [0.3, 0.4) is 0 Å². The average Bonchev–Trinajstić information content (AvgIpc) is 2.80. The van der Waals surface area contributed by atoms with Crippen LogP contribution in [0.4, 0.5) is 4.79 Å². The number of phenolic OH excluding ortho intramolecular Hbond substituents is 1. The molecule has 0 saturated carbocycles. The quantitative estimate of drug-likeness (QED) is 0.790. The molecule has 2 aromatic rings. The van der Waals surface area contributed by atoms with Gasteiger partial charge in [0.25, 0.3) is 11.1 Å². The molecule has 0 atom stereocenters. The molecule has 23 heavy (non-hydrogen) atoms. The first-order valence-electron chi connectivity index (χ1n) is 6.82. The Morgan fingerprint density at radius 3 is 2.57 bits per heavy atom. The lowest BCUT2D eigenvalue weighted by atomic mass is 10.2. The van der Waals surface area contributed by atoms with Crippen molar-refractivity contribution in [3.8, 4) is 5.75 Å². The smallest absolute Gasteiger partial charge is 0.293 e. The van der Waals surface area contributed by atoms with Crippen molar-refractivity contribution in [2.45, 2.75) is 6.54 Å². The highest BCUT2D eigenvalue weighted by Gasteiger charge is 2.34. The number of phenols is 1. The summed E-state index contributed by atoms with van der Waals surface area (Å²) in [5.74, 6) is -0.174.